The third-order valence-electron chi connectivity index (χ3n) is 3.59. The lowest BCUT2D eigenvalue weighted by molar-refractivity contribution is -0.157. The molecule has 0 aromatic heterocycles. The van der Waals surface area contributed by atoms with Crippen molar-refractivity contribution in [1.29, 1.82) is 0 Å². The van der Waals surface area contributed by atoms with Crippen molar-refractivity contribution >= 4 is 17.5 Å². The van der Waals surface area contributed by atoms with Gasteiger partial charge in [-0.2, -0.15) is 0 Å². The van der Waals surface area contributed by atoms with Crippen molar-refractivity contribution in [3.8, 4) is 5.75 Å². The molecule has 0 aliphatic carbocycles. The maximum Gasteiger partial charge on any atom is 0.278 e. The largest absolute Gasteiger partial charge is 0.466 e. The summed E-state index contributed by atoms with van der Waals surface area (Å²) in [4.78, 5) is 26.4. The quantitative estimate of drug-likeness (QED) is 0.764. The van der Waals surface area contributed by atoms with Crippen molar-refractivity contribution in [3.63, 3.8) is 0 Å². The van der Waals surface area contributed by atoms with Crippen LogP contribution in [-0.4, -0.2) is 48.6 Å². The molecule has 0 spiro atoms. The molecule has 20 heavy (non-hydrogen) atoms. The van der Waals surface area contributed by atoms with Crippen LogP contribution >= 0.6 is 0 Å². The fourth-order valence-electron chi connectivity index (χ4n) is 2.38. The van der Waals surface area contributed by atoms with Crippen molar-refractivity contribution in [2.75, 3.05) is 31.6 Å². The van der Waals surface area contributed by atoms with Gasteiger partial charge >= 0.3 is 0 Å². The van der Waals surface area contributed by atoms with Crippen LogP contribution in [0.4, 0.5) is 5.69 Å². The Morgan fingerprint density at radius 3 is 2.75 bits per heavy atom. The van der Waals surface area contributed by atoms with Gasteiger partial charge < -0.3 is 19.7 Å². The van der Waals surface area contributed by atoms with Gasteiger partial charge in [-0.15, -0.1) is 0 Å². The SMILES string of the molecule is C[C@@]1(C(=O)N2CCOCC2)Oc2ccccc2NC1=O. The van der Waals surface area contributed by atoms with Crippen LogP contribution in [-0.2, 0) is 14.3 Å². The molecule has 1 aromatic carbocycles. The fraction of sp³-hybridized carbons (Fsp3) is 0.429. The number of nitrogens with one attached hydrogen (secondary N) is 1. The highest BCUT2D eigenvalue weighted by atomic mass is 16.5. The van der Waals surface area contributed by atoms with E-state index in [1.54, 1.807) is 29.2 Å². The van der Waals surface area contributed by atoms with Crippen LogP contribution in [0.1, 0.15) is 6.92 Å². The van der Waals surface area contributed by atoms with Crippen molar-refractivity contribution in [1.82, 2.24) is 4.90 Å². The number of anilines is 1. The number of amides is 2. The van der Waals surface area contributed by atoms with Gasteiger partial charge in [0.25, 0.3) is 17.4 Å². The number of fused-ring (bicyclic) bond motifs is 1. The van der Waals surface area contributed by atoms with E-state index in [0.29, 0.717) is 37.7 Å². The Labute approximate surface area is 116 Å². The topological polar surface area (TPSA) is 67.9 Å². The fourth-order valence-corrected chi connectivity index (χ4v) is 2.38. The van der Waals surface area contributed by atoms with Gasteiger partial charge in [0.2, 0.25) is 0 Å². The second-order valence-electron chi connectivity index (χ2n) is 4.99. The van der Waals surface area contributed by atoms with Crippen molar-refractivity contribution in [3.05, 3.63) is 24.3 Å². The van der Waals surface area contributed by atoms with Crippen LogP contribution in [0, 0.1) is 0 Å². The minimum absolute atomic E-state index is 0.326. The van der Waals surface area contributed by atoms with E-state index in [9.17, 15) is 9.59 Å². The van der Waals surface area contributed by atoms with Gasteiger partial charge in [0.05, 0.1) is 18.9 Å². The van der Waals surface area contributed by atoms with Crippen LogP contribution < -0.4 is 10.1 Å². The number of ether oxygens (including phenoxy) is 2. The van der Waals surface area contributed by atoms with E-state index < -0.39 is 11.5 Å². The first-order valence-electron chi connectivity index (χ1n) is 6.58. The molecular weight excluding hydrogens is 260 g/mol. The standard InChI is InChI=1S/C14H16N2O4/c1-14(13(18)16-6-8-19-9-7-16)12(17)15-10-4-2-3-5-11(10)20-14/h2-5H,6-9H2,1H3,(H,15,17)/t14-/m1/s1. The summed E-state index contributed by atoms with van der Waals surface area (Å²) in [6.45, 7) is 3.44. The first kappa shape index (κ1) is 12.9. The summed E-state index contributed by atoms with van der Waals surface area (Å²) in [6.07, 6.45) is 0. The summed E-state index contributed by atoms with van der Waals surface area (Å²) < 4.78 is 10.9. The van der Waals surface area contributed by atoms with Crippen molar-refractivity contribution < 1.29 is 19.1 Å². The average molecular weight is 276 g/mol. The third kappa shape index (κ3) is 2.02. The van der Waals surface area contributed by atoms with E-state index in [1.807, 2.05) is 0 Å². The zero-order chi connectivity index (χ0) is 14.2. The first-order valence-corrected chi connectivity index (χ1v) is 6.58. The molecule has 3 rings (SSSR count). The predicted octanol–water partition coefficient (Wildman–Crippen LogP) is 0.635. The molecule has 1 fully saturated rings. The smallest absolute Gasteiger partial charge is 0.278 e. The van der Waals surface area contributed by atoms with Crippen LogP contribution in [0.5, 0.6) is 5.75 Å². The number of carbonyl (C=O) groups is 2. The molecule has 1 N–H and O–H groups in total. The number of hydrogen-bond donors (Lipinski definition) is 1. The average Bonchev–Trinajstić information content (AvgIpc) is 2.48. The molecule has 1 atom stereocenters. The number of nitrogens with zero attached hydrogens (tertiary/aromatic N) is 1. The third-order valence-corrected chi connectivity index (χ3v) is 3.59. The molecule has 6 heteroatoms. The maximum absolute atomic E-state index is 12.6. The van der Waals surface area contributed by atoms with Crippen LogP contribution in [0.3, 0.4) is 0 Å². The van der Waals surface area contributed by atoms with Gasteiger partial charge in [-0.05, 0) is 19.1 Å². The number of carbonyl (C=O) groups excluding carboxylic acids is 2. The van der Waals surface area contributed by atoms with Gasteiger partial charge in [-0.3, -0.25) is 9.59 Å². The molecule has 0 radical (unpaired) electrons. The Balaban J connectivity index is 1.88. The molecule has 2 aliphatic rings. The Morgan fingerprint density at radius 1 is 1.30 bits per heavy atom. The number of rotatable bonds is 1. The Kier molecular flexibility index (Phi) is 3.10. The maximum atomic E-state index is 12.6. The van der Waals surface area contributed by atoms with Crippen molar-refractivity contribution in [2.45, 2.75) is 12.5 Å². The number of benzene rings is 1. The minimum Gasteiger partial charge on any atom is -0.466 e. The summed E-state index contributed by atoms with van der Waals surface area (Å²) in [5.74, 6) is -0.253. The summed E-state index contributed by atoms with van der Waals surface area (Å²) in [5, 5.41) is 2.73. The highest BCUT2D eigenvalue weighted by Gasteiger charge is 2.49. The van der Waals surface area contributed by atoms with Crippen LogP contribution in [0.2, 0.25) is 0 Å². The lowest BCUT2D eigenvalue weighted by atomic mass is 10.0. The lowest BCUT2D eigenvalue weighted by Gasteiger charge is -2.38. The van der Waals surface area contributed by atoms with Crippen LogP contribution in [0.15, 0.2) is 24.3 Å². The molecule has 6 nitrogen and oxygen atoms in total. The molecule has 0 unspecified atom stereocenters. The highest BCUT2D eigenvalue weighted by molar-refractivity contribution is 6.15. The second-order valence-corrected chi connectivity index (χ2v) is 4.99. The second kappa shape index (κ2) is 4.79. The Morgan fingerprint density at radius 2 is 2.00 bits per heavy atom. The highest BCUT2D eigenvalue weighted by Crippen LogP contribution is 2.34. The summed E-state index contributed by atoms with van der Waals surface area (Å²) in [7, 11) is 0. The van der Waals surface area contributed by atoms with E-state index in [4.69, 9.17) is 9.47 Å². The Hall–Kier alpha value is -2.08. The first-order chi connectivity index (χ1) is 9.61. The van der Waals surface area contributed by atoms with Gasteiger partial charge in [-0.1, -0.05) is 12.1 Å². The van der Waals surface area contributed by atoms with Gasteiger partial charge in [0.1, 0.15) is 5.75 Å². The summed E-state index contributed by atoms with van der Waals surface area (Å²) in [5.41, 5.74) is -0.934. The van der Waals surface area contributed by atoms with E-state index >= 15 is 0 Å². The van der Waals surface area contributed by atoms with Gasteiger partial charge in [0, 0.05) is 13.1 Å². The summed E-state index contributed by atoms with van der Waals surface area (Å²) >= 11 is 0. The lowest BCUT2D eigenvalue weighted by Crippen LogP contribution is -2.61. The number of hydrogen-bond acceptors (Lipinski definition) is 4. The van der Waals surface area contributed by atoms with E-state index in [2.05, 4.69) is 5.32 Å². The molecule has 1 aromatic rings. The summed E-state index contributed by atoms with van der Waals surface area (Å²) in [6, 6.07) is 7.08. The molecule has 0 bridgehead atoms. The van der Waals surface area contributed by atoms with Gasteiger partial charge in [0.15, 0.2) is 0 Å². The number of para-hydroxylation sites is 2. The molecule has 2 amide bonds. The van der Waals surface area contributed by atoms with E-state index in [-0.39, 0.29) is 5.91 Å². The number of morpholine rings is 1. The monoisotopic (exact) mass is 276 g/mol. The molecule has 0 saturated carbocycles. The zero-order valence-electron chi connectivity index (χ0n) is 11.2. The molecule has 2 heterocycles. The normalized spacial score (nSPS) is 25.4. The van der Waals surface area contributed by atoms with Crippen molar-refractivity contribution in [2.24, 2.45) is 0 Å². The zero-order valence-corrected chi connectivity index (χ0v) is 11.2. The predicted molar refractivity (Wildman–Crippen MR) is 71.5 cm³/mol. The Bertz CT molecular complexity index is 554. The van der Waals surface area contributed by atoms with E-state index in [1.165, 1.54) is 6.92 Å². The van der Waals surface area contributed by atoms with Gasteiger partial charge in [-0.25, -0.2) is 0 Å². The molecular formula is C14H16N2O4. The molecule has 2 aliphatic heterocycles. The molecule has 106 valence electrons. The van der Waals surface area contributed by atoms with E-state index in [0.717, 1.165) is 0 Å². The minimum atomic E-state index is -1.52. The molecule has 1 saturated heterocycles. The van der Waals surface area contributed by atoms with Crippen LogP contribution in [0.25, 0.3) is 0 Å².